The Morgan fingerprint density at radius 1 is 1.50 bits per heavy atom. The summed E-state index contributed by atoms with van der Waals surface area (Å²) in [4.78, 5) is 25.7. The van der Waals surface area contributed by atoms with Crippen molar-refractivity contribution in [2.75, 3.05) is 6.54 Å². The molecule has 1 aromatic heterocycles. The van der Waals surface area contributed by atoms with Gasteiger partial charge in [-0.05, 0) is 12.1 Å². The first-order valence-corrected chi connectivity index (χ1v) is 6.65. The lowest BCUT2D eigenvalue weighted by Crippen LogP contribution is -2.25. The molecule has 2 rings (SSSR count). The van der Waals surface area contributed by atoms with Gasteiger partial charge in [0.05, 0.1) is 16.1 Å². The van der Waals surface area contributed by atoms with Gasteiger partial charge in [0.2, 0.25) is 0 Å². The van der Waals surface area contributed by atoms with Gasteiger partial charge >= 0.3 is 5.69 Å². The van der Waals surface area contributed by atoms with Gasteiger partial charge in [0.15, 0.2) is 5.75 Å². The van der Waals surface area contributed by atoms with Crippen LogP contribution in [0.4, 0.5) is 5.69 Å². The average molecular weight is 293 g/mol. The first kappa shape index (κ1) is 13.9. The van der Waals surface area contributed by atoms with Crippen LogP contribution >= 0.6 is 11.3 Å². The molecular weight excluding hydrogens is 282 g/mol. The Bertz CT molecular complexity index is 628. The minimum atomic E-state index is -0.709. The molecule has 0 fully saturated rings. The molecule has 0 aliphatic heterocycles. The fourth-order valence-electron chi connectivity index (χ4n) is 1.59. The molecular formula is C12H11N3O4S. The van der Waals surface area contributed by atoms with E-state index in [9.17, 15) is 20.0 Å². The summed E-state index contributed by atoms with van der Waals surface area (Å²) in [6, 6.07) is 3.48. The second-order valence-corrected chi connectivity index (χ2v) is 4.66. The number of amides is 1. The molecule has 0 aliphatic rings. The van der Waals surface area contributed by atoms with Crippen molar-refractivity contribution in [2.45, 2.75) is 6.42 Å². The highest BCUT2D eigenvalue weighted by molar-refractivity contribution is 7.07. The average Bonchev–Trinajstić information content (AvgIpc) is 2.91. The summed E-state index contributed by atoms with van der Waals surface area (Å²) in [6.07, 6.45) is 0.605. The minimum absolute atomic E-state index is 0.173. The summed E-state index contributed by atoms with van der Waals surface area (Å²) in [7, 11) is 0. The van der Waals surface area contributed by atoms with Crippen LogP contribution < -0.4 is 5.32 Å². The third-order valence-electron chi connectivity index (χ3n) is 2.58. The molecule has 2 N–H and O–H groups in total. The van der Waals surface area contributed by atoms with Gasteiger partial charge < -0.3 is 10.4 Å². The maximum absolute atomic E-state index is 11.8. The number of phenols is 1. The van der Waals surface area contributed by atoms with E-state index in [0.717, 1.165) is 17.8 Å². The SMILES string of the molecule is O=C(NCCc1cscn1)c1ccc([N+](=O)[O-])c(O)c1. The fraction of sp³-hybridized carbons (Fsp3) is 0.167. The van der Waals surface area contributed by atoms with E-state index in [1.807, 2.05) is 5.38 Å². The Morgan fingerprint density at radius 3 is 2.90 bits per heavy atom. The number of nitrogens with zero attached hydrogens (tertiary/aromatic N) is 2. The molecule has 1 amide bonds. The Kier molecular flexibility index (Phi) is 4.26. The first-order chi connectivity index (χ1) is 9.58. The Hall–Kier alpha value is -2.48. The second kappa shape index (κ2) is 6.11. The zero-order valence-electron chi connectivity index (χ0n) is 10.3. The molecule has 1 heterocycles. The number of nitro benzene ring substituents is 1. The minimum Gasteiger partial charge on any atom is -0.502 e. The van der Waals surface area contributed by atoms with Crippen LogP contribution in [0.1, 0.15) is 16.1 Å². The maximum Gasteiger partial charge on any atom is 0.310 e. The van der Waals surface area contributed by atoms with Crippen molar-refractivity contribution < 1.29 is 14.8 Å². The van der Waals surface area contributed by atoms with E-state index < -0.39 is 22.3 Å². The van der Waals surface area contributed by atoms with Crippen molar-refractivity contribution in [3.63, 3.8) is 0 Å². The number of phenolic OH excluding ortho intramolecular Hbond substituents is 1. The van der Waals surface area contributed by atoms with E-state index >= 15 is 0 Å². The third kappa shape index (κ3) is 3.29. The van der Waals surface area contributed by atoms with E-state index in [2.05, 4.69) is 10.3 Å². The predicted octanol–water partition coefficient (Wildman–Crippen LogP) is 1.73. The van der Waals surface area contributed by atoms with Crippen LogP contribution in [0.25, 0.3) is 0 Å². The normalized spacial score (nSPS) is 10.2. The number of benzene rings is 1. The van der Waals surface area contributed by atoms with Crippen molar-refractivity contribution in [3.05, 3.63) is 50.5 Å². The van der Waals surface area contributed by atoms with E-state index in [1.165, 1.54) is 17.4 Å². The Labute approximate surface area is 118 Å². The lowest BCUT2D eigenvalue weighted by Gasteiger charge is -2.04. The highest BCUT2D eigenvalue weighted by Gasteiger charge is 2.15. The van der Waals surface area contributed by atoms with Gasteiger partial charge in [-0.2, -0.15) is 0 Å². The highest BCUT2D eigenvalue weighted by Crippen LogP contribution is 2.26. The van der Waals surface area contributed by atoms with Crippen molar-refractivity contribution in [2.24, 2.45) is 0 Å². The molecule has 0 saturated carbocycles. The van der Waals surface area contributed by atoms with Crippen LogP contribution in [-0.4, -0.2) is 27.5 Å². The number of thiazole rings is 1. The lowest BCUT2D eigenvalue weighted by molar-refractivity contribution is -0.385. The van der Waals surface area contributed by atoms with Crippen LogP contribution in [-0.2, 0) is 6.42 Å². The predicted molar refractivity (Wildman–Crippen MR) is 72.9 cm³/mol. The standard InChI is InChI=1S/C12H11N3O4S/c16-11-5-8(1-2-10(11)15(18)19)12(17)13-4-3-9-6-20-7-14-9/h1-2,5-7,16H,3-4H2,(H,13,17). The van der Waals surface area contributed by atoms with Crippen LogP contribution in [0, 0.1) is 10.1 Å². The van der Waals surface area contributed by atoms with Gasteiger partial charge in [0, 0.05) is 30.0 Å². The number of aromatic hydroxyl groups is 1. The molecule has 7 nitrogen and oxygen atoms in total. The van der Waals surface area contributed by atoms with Gasteiger partial charge in [-0.25, -0.2) is 4.98 Å². The maximum atomic E-state index is 11.8. The summed E-state index contributed by atoms with van der Waals surface area (Å²) < 4.78 is 0. The molecule has 2 aromatic rings. The fourth-order valence-corrected chi connectivity index (χ4v) is 2.18. The molecule has 0 atom stereocenters. The lowest BCUT2D eigenvalue weighted by atomic mass is 10.1. The highest BCUT2D eigenvalue weighted by atomic mass is 32.1. The molecule has 20 heavy (non-hydrogen) atoms. The van der Waals surface area contributed by atoms with E-state index in [4.69, 9.17) is 0 Å². The van der Waals surface area contributed by atoms with Crippen molar-refractivity contribution >= 4 is 22.9 Å². The largest absolute Gasteiger partial charge is 0.502 e. The number of carbonyl (C=O) groups excluding carboxylic acids is 1. The van der Waals surface area contributed by atoms with Gasteiger partial charge in [0.1, 0.15) is 0 Å². The van der Waals surface area contributed by atoms with Crippen molar-refractivity contribution in [3.8, 4) is 5.75 Å². The molecule has 1 aromatic carbocycles. The summed E-state index contributed by atoms with van der Waals surface area (Å²) in [5.41, 5.74) is 2.35. The topological polar surface area (TPSA) is 105 Å². The number of aromatic nitrogens is 1. The number of hydrogen-bond acceptors (Lipinski definition) is 6. The number of nitro groups is 1. The van der Waals surface area contributed by atoms with Crippen LogP contribution in [0.5, 0.6) is 5.75 Å². The molecule has 104 valence electrons. The van der Waals surface area contributed by atoms with Crippen molar-refractivity contribution in [1.29, 1.82) is 0 Å². The molecule has 0 unspecified atom stereocenters. The van der Waals surface area contributed by atoms with E-state index in [0.29, 0.717) is 13.0 Å². The molecule has 0 saturated heterocycles. The van der Waals surface area contributed by atoms with Gasteiger partial charge in [0.25, 0.3) is 5.91 Å². The summed E-state index contributed by atoms with van der Waals surface area (Å²) in [5.74, 6) is -0.924. The number of nitrogens with one attached hydrogen (secondary N) is 1. The summed E-state index contributed by atoms with van der Waals surface area (Å²) >= 11 is 1.48. The van der Waals surface area contributed by atoms with Gasteiger partial charge in [-0.1, -0.05) is 0 Å². The first-order valence-electron chi connectivity index (χ1n) is 5.70. The quantitative estimate of drug-likeness (QED) is 0.645. The van der Waals surface area contributed by atoms with E-state index in [1.54, 1.807) is 5.51 Å². The molecule has 0 radical (unpaired) electrons. The number of rotatable bonds is 5. The number of hydrogen-bond donors (Lipinski definition) is 2. The van der Waals surface area contributed by atoms with Gasteiger partial charge in [-0.3, -0.25) is 14.9 Å². The Morgan fingerprint density at radius 2 is 2.30 bits per heavy atom. The van der Waals surface area contributed by atoms with Gasteiger partial charge in [-0.15, -0.1) is 11.3 Å². The smallest absolute Gasteiger partial charge is 0.310 e. The third-order valence-corrected chi connectivity index (χ3v) is 3.22. The van der Waals surface area contributed by atoms with E-state index in [-0.39, 0.29) is 5.56 Å². The summed E-state index contributed by atoms with van der Waals surface area (Å²) in [5, 5.41) is 24.6. The van der Waals surface area contributed by atoms with Crippen LogP contribution in [0.3, 0.4) is 0 Å². The van der Waals surface area contributed by atoms with Crippen molar-refractivity contribution in [1.82, 2.24) is 10.3 Å². The van der Waals surface area contributed by atoms with Crippen LogP contribution in [0.15, 0.2) is 29.1 Å². The molecule has 8 heteroatoms. The monoisotopic (exact) mass is 293 g/mol. The summed E-state index contributed by atoms with van der Waals surface area (Å²) in [6.45, 7) is 0.403. The molecule has 0 bridgehead atoms. The second-order valence-electron chi connectivity index (χ2n) is 3.95. The molecule has 0 spiro atoms. The zero-order valence-corrected chi connectivity index (χ0v) is 11.1. The zero-order chi connectivity index (χ0) is 14.5. The molecule has 0 aliphatic carbocycles. The number of carbonyl (C=O) groups is 1. The van der Waals surface area contributed by atoms with Crippen LogP contribution in [0.2, 0.25) is 0 Å². The Balaban J connectivity index is 1.95.